The van der Waals surface area contributed by atoms with E-state index >= 15 is 0 Å². The zero-order chi connectivity index (χ0) is 45.1. The first-order valence-electron chi connectivity index (χ1n) is 22.8. The van der Waals surface area contributed by atoms with Gasteiger partial charge in [-0.2, -0.15) is 4.98 Å². The summed E-state index contributed by atoms with van der Waals surface area (Å²) in [5.74, 6) is 0.142. The highest BCUT2D eigenvalue weighted by Gasteiger charge is 2.47. The number of carbonyl (C=O) groups is 3. The molecular formula is C50H58ClN7O5S. The SMILES string of the molecule is Cc1ncsc1-c1ccc([C@H](C)NC(=O)[C@@H]2C[C@@H](O)CN2C(=O)[C@@H](NC(=O)CN2CCC(c3ccc4c(c3)-n3c(nc(=O)c5c(Cl)cccc53)C43CCCCC3)CC2)C(C)(C)C)cc1. The molecule has 3 aliphatic heterocycles. The standard InChI is InChI=1S/C50H58ClN7O5S/c1-29(31-12-14-33(15-13-31)43-30(2)52-28-64-43)53-45(61)40-25-35(59)26-57(40)47(63)44(49(3,4)5)54-41(60)27-56-22-18-32(19-23-56)34-16-17-36-39(24-34)58-38-11-9-10-37(51)42(38)46(62)55-48(58)50(36)20-7-6-8-21-50/h9-17,24,28-29,32,35,40,44,59H,6-8,18-23,25-27H2,1-5H3,(H,53,61)(H,54,60)/t29-,35+,40-,44+/m0/s1. The molecule has 1 spiro atoms. The van der Waals surface area contributed by atoms with E-state index in [1.54, 1.807) is 17.4 Å². The number of fused-ring (bicyclic) bond motifs is 7. The van der Waals surface area contributed by atoms with Crippen LogP contribution in [0.15, 0.2) is 71.0 Å². The normalized spacial score (nSPS) is 20.8. The van der Waals surface area contributed by atoms with Crippen molar-refractivity contribution in [3.8, 4) is 16.1 Å². The third-order valence-corrected chi connectivity index (χ3v) is 15.6. The molecule has 14 heteroatoms. The molecule has 3 fully saturated rings. The summed E-state index contributed by atoms with van der Waals surface area (Å²) in [6, 6.07) is 18.4. The van der Waals surface area contributed by atoms with Crippen LogP contribution in [-0.2, 0) is 19.8 Å². The summed E-state index contributed by atoms with van der Waals surface area (Å²) in [5, 5.41) is 17.7. The second-order valence-electron chi connectivity index (χ2n) is 19.6. The van der Waals surface area contributed by atoms with Crippen molar-refractivity contribution in [2.75, 3.05) is 26.2 Å². The highest BCUT2D eigenvalue weighted by atomic mass is 35.5. The number of β-amino-alcohol motifs (C(OH)–C–C–N with tert-alkyl or cyclic N) is 1. The summed E-state index contributed by atoms with van der Waals surface area (Å²) in [6.45, 7) is 11.2. The quantitative estimate of drug-likeness (QED) is 0.137. The molecule has 3 amide bonds. The van der Waals surface area contributed by atoms with Gasteiger partial charge in [-0.15, -0.1) is 11.3 Å². The first-order chi connectivity index (χ1) is 30.6. The fourth-order valence-electron chi connectivity index (χ4n) is 10.8. The Kier molecular flexibility index (Phi) is 12.1. The number of aliphatic hydroxyl groups excluding tert-OH is 1. The van der Waals surface area contributed by atoms with Crippen LogP contribution < -0.4 is 16.2 Å². The number of aromatic nitrogens is 3. The molecule has 0 bridgehead atoms. The number of aryl methyl sites for hydroxylation is 1. The minimum atomic E-state index is -0.907. The van der Waals surface area contributed by atoms with Crippen molar-refractivity contribution in [1.29, 1.82) is 0 Å². The van der Waals surface area contributed by atoms with Crippen molar-refractivity contribution in [2.24, 2.45) is 5.41 Å². The number of likely N-dealkylation sites (tertiary alicyclic amines) is 2. The lowest BCUT2D eigenvalue weighted by atomic mass is 9.69. The fraction of sp³-hybridized carbons (Fsp3) is 0.480. The summed E-state index contributed by atoms with van der Waals surface area (Å²) in [4.78, 5) is 69.2. The molecule has 1 aliphatic carbocycles. The fourth-order valence-corrected chi connectivity index (χ4v) is 11.9. The molecule has 12 nitrogen and oxygen atoms in total. The van der Waals surface area contributed by atoms with Gasteiger partial charge in [0.1, 0.15) is 17.9 Å². The topological polar surface area (TPSA) is 150 Å². The van der Waals surface area contributed by atoms with Gasteiger partial charge in [0.15, 0.2) is 0 Å². The first-order valence-corrected chi connectivity index (χ1v) is 24.1. The van der Waals surface area contributed by atoms with E-state index in [0.29, 0.717) is 23.5 Å². The van der Waals surface area contributed by atoms with Crippen LogP contribution in [0.2, 0.25) is 5.02 Å². The Morgan fingerprint density at radius 3 is 2.42 bits per heavy atom. The highest BCUT2D eigenvalue weighted by molar-refractivity contribution is 7.13. The number of piperidine rings is 1. The summed E-state index contributed by atoms with van der Waals surface area (Å²) < 4.78 is 2.20. The minimum Gasteiger partial charge on any atom is -0.391 e. The van der Waals surface area contributed by atoms with E-state index in [9.17, 15) is 24.3 Å². The lowest BCUT2D eigenvalue weighted by molar-refractivity contribution is -0.144. The van der Waals surface area contributed by atoms with Crippen molar-refractivity contribution in [1.82, 2.24) is 35.0 Å². The Bertz CT molecular complexity index is 2660. The smallest absolute Gasteiger partial charge is 0.282 e. The van der Waals surface area contributed by atoms with E-state index in [4.69, 9.17) is 16.6 Å². The molecule has 1 saturated carbocycles. The van der Waals surface area contributed by atoms with Gasteiger partial charge in [0.2, 0.25) is 17.7 Å². The average Bonchev–Trinajstić information content (AvgIpc) is 3.96. The minimum absolute atomic E-state index is 0.0120. The number of hydrogen-bond donors (Lipinski definition) is 3. The monoisotopic (exact) mass is 903 g/mol. The van der Waals surface area contributed by atoms with Gasteiger partial charge in [0.05, 0.1) is 61.8 Å². The Hall–Kier alpha value is -4.95. The number of hydrogen-bond acceptors (Lipinski definition) is 9. The van der Waals surface area contributed by atoms with Crippen LogP contribution in [0.4, 0.5) is 0 Å². The Morgan fingerprint density at radius 2 is 1.73 bits per heavy atom. The van der Waals surface area contributed by atoms with Crippen LogP contribution in [0.5, 0.6) is 0 Å². The molecule has 9 rings (SSSR count). The molecular weight excluding hydrogens is 846 g/mol. The number of halogens is 1. The molecule has 336 valence electrons. The van der Waals surface area contributed by atoms with E-state index in [2.05, 4.69) is 43.3 Å². The van der Waals surface area contributed by atoms with Gasteiger partial charge >= 0.3 is 0 Å². The number of rotatable bonds is 9. The molecule has 3 N–H and O–H groups in total. The van der Waals surface area contributed by atoms with Gasteiger partial charge in [0.25, 0.3) is 5.56 Å². The molecule has 0 unspecified atom stereocenters. The number of nitrogens with one attached hydrogen (secondary N) is 2. The molecule has 64 heavy (non-hydrogen) atoms. The predicted octanol–water partition coefficient (Wildman–Crippen LogP) is 7.58. The molecule has 4 aliphatic rings. The van der Waals surface area contributed by atoms with Crippen LogP contribution in [0.3, 0.4) is 0 Å². The number of benzene rings is 3. The van der Waals surface area contributed by atoms with Crippen LogP contribution in [0, 0.1) is 12.3 Å². The maximum Gasteiger partial charge on any atom is 0.282 e. The lowest BCUT2D eigenvalue weighted by Crippen LogP contribution is -2.59. The van der Waals surface area contributed by atoms with Gasteiger partial charge in [-0.1, -0.05) is 94.1 Å². The van der Waals surface area contributed by atoms with E-state index in [1.807, 2.05) is 76.5 Å². The highest BCUT2D eigenvalue weighted by Crippen LogP contribution is 2.52. The van der Waals surface area contributed by atoms with E-state index < -0.39 is 23.6 Å². The van der Waals surface area contributed by atoms with Crippen LogP contribution in [0.1, 0.15) is 119 Å². The summed E-state index contributed by atoms with van der Waals surface area (Å²) in [6.07, 6.45) is 6.25. The third-order valence-electron chi connectivity index (χ3n) is 14.3. The molecule has 3 aromatic carbocycles. The van der Waals surface area contributed by atoms with Crippen LogP contribution in [-0.4, -0.2) is 91.5 Å². The number of carbonyl (C=O) groups excluding carboxylic acids is 3. The van der Waals surface area contributed by atoms with Crippen molar-refractivity contribution in [3.05, 3.63) is 110 Å². The van der Waals surface area contributed by atoms with E-state index in [1.165, 1.54) is 22.4 Å². The number of thiazole rings is 1. The number of aliphatic hydroxyl groups is 1. The number of nitrogens with zero attached hydrogens (tertiary/aromatic N) is 5. The van der Waals surface area contributed by atoms with Gasteiger partial charge in [0, 0.05) is 13.0 Å². The van der Waals surface area contributed by atoms with Crippen molar-refractivity contribution in [3.63, 3.8) is 0 Å². The molecule has 0 radical (unpaired) electrons. The largest absolute Gasteiger partial charge is 0.391 e. The van der Waals surface area contributed by atoms with Gasteiger partial charge in [-0.05, 0) is 104 Å². The molecule has 2 aromatic heterocycles. The van der Waals surface area contributed by atoms with E-state index in [-0.39, 0.29) is 60.2 Å². The Balaban J connectivity index is 0.847. The lowest BCUT2D eigenvalue weighted by Gasteiger charge is -2.37. The van der Waals surface area contributed by atoms with Gasteiger partial charge < -0.3 is 20.6 Å². The first kappa shape index (κ1) is 44.3. The Morgan fingerprint density at radius 1 is 1.00 bits per heavy atom. The van der Waals surface area contributed by atoms with Gasteiger partial charge in [-0.25, -0.2) is 4.98 Å². The third kappa shape index (κ3) is 8.18. The maximum atomic E-state index is 14.4. The molecule has 5 aromatic rings. The summed E-state index contributed by atoms with van der Waals surface area (Å²) in [7, 11) is 0. The maximum absolute atomic E-state index is 14.4. The zero-order valence-corrected chi connectivity index (χ0v) is 38.9. The molecule has 4 atom stereocenters. The van der Waals surface area contributed by atoms with Gasteiger partial charge in [-0.3, -0.25) is 28.6 Å². The average molecular weight is 905 g/mol. The van der Waals surface area contributed by atoms with Crippen LogP contribution in [0.25, 0.3) is 27.0 Å². The molecule has 5 heterocycles. The number of amides is 3. The summed E-state index contributed by atoms with van der Waals surface area (Å²) >= 11 is 8.19. The second-order valence-corrected chi connectivity index (χ2v) is 20.8. The second kappa shape index (κ2) is 17.5. The van der Waals surface area contributed by atoms with Crippen LogP contribution >= 0.6 is 22.9 Å². The van der Waals surface area contributed by atoms with Crippen molar-refractivity contribution in [2.45, 2.75) is 122 Å². The zero-order valence-electron chi connectivity index (χ0n) is 37.3. The van der Waals surface area contributed by atoms with Crippen molar-refractivity contribution >= 4 is 51.6 Å². The van der Waals surface area contributed by atoms with Crippen molar-refractivity contribution < 1.29 is 19.5 Å². The molecule has 2 saturated heterocycles. The predicted molar refractivity (Wildman–Crippen MR) is 251 cm³/mol. The summed E-state index contributed by atoms with van der Waals surface area (Å²) in [5.41, 5.74) is 7.90. The Labute approximate surface area is 383 Å². The van der Waals surface area contributed by atoms with E-state index in [0.717, 1.165) is 77.3 Å².